The molecule has 0 saturated heterocycles. The maximum Gasteiger partial charge on any atom is 0.253 e. The average molecular weight is 1160 g/mol. The topological polar surface area (TPSA) is 9.86 Å². The van der Waals surface area contributed by atoms with E-state index < -0.39 is 0 Å². The Bertz CT molecular complexity index is 6280. The van der Waals surface area contributed by atoms with Gasteiger partial charge in [-0.3, -0.25) is 0 Å². The Kier molecular flexibility index (Phi) is 10.1. The highest BCUT2D eigenvalue weighted by atomic mass is 15.0. The molecule has 0 aliphatic carbocycles. The molecule has 0 atom stereocenters. The van der Waals surface area contributed by atoms with E-state index in [-0.39, 0.29) is 17.5 Å². The van der Waals surface area contributed by atoms with Crippen molar-refractivity contribution < 1.29 is 0 Å². The Morgan fingerprint density at radius 1 is 0.275 bits per heavy atom. The van der Waals surface area contributed by atoms with Crippen molar-refractivity contribution in [3.05, 3.63) is 272 Å². The molecule has 18 aromatic rings. The number of rotatable bonds is 3. The summed E-state index contributed by atoms with van der Waals surface area (Å²) in [5.74, 6) is 0. The SMILES string of the molecule is CC(C)(C)c1ccc(-c2cccc(-c3cc4c5c(c3)-n3c6ccc7c8ccccc8c8ccccc8c7c6c6c7c8ccccc8c8ccccc8c7cc(c63)B5c3c5ccccc5cc5c6c7ccccc7ccc6n-4c35)c2-c2ccc(C(C)(C)C)cc2)cc1. The predicted octanol–water partition coefficient (Wildman–Crippen LogP) is 21.8. The Labute approximate surface area is 527 Å². The van der Waals surface area contributed by atoms with Crippen molar-refractivity contribution in [2.45, 2.75) is 52.4 Å². The van der Waals surface area contributed by atoms with Crippen LogP contribution >= 0.6 is 0 Å². The molecule has 0 radical (unpaired) electrons. The smallest absolute Gasteiger partial charge is 0.253 e. The number of nitrogens with zero attached hydrogens (tertiary/aromatic N) is 2. The van der Waals surface area contributed by atoms with E-state index in [1.54, 1.807) is 0 Å². The summed E-state index contributed by atoms with van der Waals surface area (Å²) in [5.41, 5.74) is 21.4. The van der Waals surface area contributed by atoms with Crippen LogP contribution in [0.1, 0.15) is 52.7 Å². The van der Waals surface area contributed by atoms with Crippen LogP contribution in [0.5, 0.6) is 0 Å². The van der Waals surface area contributed by atoms with Crippen molar-refractivity contribution in [2.75, 3.05) is 0 Å². The second kappa shape index (κ2) is 18.0. The molecule has 0 saturated carbocycles. The third-order valence-corrected chi connectivity index (χ3v) is 21.3. The largest absolute Gasteiger partial charge is 0.310 e. The minimum absolute atomic E-state index is 0.00420. The van der Waals surface area contributed by atoms with Crippen LogP contribution in [0.3, 0.4) is 0 Å². The van der Waals surface area contributed by atoms with Crippen LogP contribution in [-0.2, 0) is 10.8 Å². The molecule has 2 aromatic heterocycles. The summed E-state index contributed by atoms with van der Waals surface area (Å²) >= 11 is 0. The van der Waals surface area contributed by atoms with E-state index in [2.05, 4.69) is 312 Å². The number of fused-ring (bicyclic) bond motifs is 28. The quantitative estimate of drug-likeness (QED) is 0.123. The molecular weight excluding hydrogens is 1100 g/mol. The van der Waals surface area contributed by atoms with Crippen molar-refractivity contribution in [2.24, 2.45) is 0 Å². The summed E-state index contributed by atoms with van der Waals surface area (Å²) in [7, 11) is 0. The van der Waals surface area contributed by atoms with Crippen molar-refractivity contribution >= 4 is 153 Å². The molecule has 3 heteroatoms. The molecule has 0 unspecified atom stereocenters. The highest BCUT2D eigenvalue weighted by Crippen LogP contribution is 2.52. The molecule has 91 heavy (non-hydrogen) atoms. The number of hydrogen-bond donors (Lipinski definition) is 0. The Morgan fingerprint density at radius 3 is 1.32 bits per heavy atom. The van der Waals surface area contributed by atoms with E-state index in [4.69, 9.17) is 0 Å². The van der Waals surface area contributed by atoms with Gasteiger partial charge in [-0.25, -0.2) is 0 Å². The molecule has 2 aliphatic heterocycles. The van der Waals surface area contributed by atoms with Crippen molar-refractivity contribution in [3.63, 3.8) is 0 Å². The van der Waals surface area contributed by atoms with Crippen molar-refractivity contribution in [1.29, 1.82) is 0 Å². The molecule has 2 nitrogen and oxygen atoms in total. The van der Waals surface area contributed by atoms with Gasteiger partial charge in [-0.2, -0.15) is 0 Å². The third-order valence-electron chi connectivity index (χ3n) is 21.3. The number of benzene rings is 16. The summed E-state index contributed by atoms with van der Waals surface area (Å²) < 4.78 is 5.46. The summed E-state index contributed by atoms with van der Waals surface area (Å²) in [4.78, 5) is 0. The van der Waals surface area contributed by atoms with Gasteiger partial charge >= 0.3 is 0 Å². The summed E-state index contributed by atoms with van der Waals surface area (Å²) in [6.07, 6.45) is 0. The fraction of sp³-hybridized carbons (Fsp3) is 0.0909. The van der Waals surface area contributed by atoms with E-state index in [1.165, 1.54) is 202 Å². The maximum atomic E-state index is 2.76. The Morgan fingerprint density at radius 2 is 0.725 bits per heavy atom. The molecule has 16 aromatic carbocycles. The van der Waals surface area contributed by atoms with Gasteiger partial charge in [0.05, 0.1) is 22.1 Å². The van der Waals surface area contributed by atoms with E-state index in [1.807, 2.05) is 0 Å². The van der Waals surface area contributed by atoms with Crippen LogP contribution < -0.4 is 16.4 Å². The van der Waals surface area contributed by atoms with Gasteiger partial charge in [-0.15, -0.1) is 0 Å². The molecular formula is C88H61BN2. The van der Waals surface area contributed by atoms with Gasteiger partial charge in [0.1, 0.15) is 0 Å². The highest BCUT2D eigenvalue weighted by molar-refractivity contribution is 7.02. The van der Waals surface area contributed by atoms with Gasteiger partial charge in [-0.1, -0.05) is 272 Å². The number of hydrogen-bond acceptors (Lipinski definition) is 0. The van der Waals surface area contributed by atoms with E-state index in [0.29, 0.717) is 0 Å². The zero-order chi connectivity index (χ0) is 60.5. The minimum atomic E-state index is -0.148. The van der Waals surface area contributed by atoms with Gasteiger partial charge in [0, 0.05) is 43.7 Å². The predicted molar refractivity (Wildman–Crippen MR) is 394 cm³/mol. The molecule has 0 spiro atoms. The first-order valence-corrected chi connectivity index (χ1v) is 32.4. The zero-order valence-electron chi connectivity index (χ0n) is 51.8. The van der Waals surface area contributed by atoms with Crippen LogP contribution in [-0.4, -0.2) is 15.8 Å². The van der Waals surface area contributed by atoms with Crippen LogP contribution in [0.15, 0.2) is 261 Å². The maximum absolute atomic E-state index is 2.76. The first-order valence-electron chi connectivity index (χ1n) is 32.4. The first kappa shape index (κ1) is 51.2. The first-order chi connectivity index (χ1) is 44.5. The third kappa shape index (κ3) is 6.83. The minimum Gasteiger partial charge on any atom is -0.310 e. The van der Waals surface area contributed by atoms with Gasteiger partial charge < -0.3 is 9.13 Å². The lowest BCUT2D eigenvalue weighted by Crippen LogP contribution is -2.59. The van der Waals surface area contributed by atoms with Gasteiger partial charge in [0.2, 0.25) is 0 Å². The lowest BCUT2D eigenvalue weighted by atomic mass is 9.33. The molecule has 0 bridgehead atoms. The molecule has 0 amide bonds. The standard InChI is InChI=1S/C88H61BN2/c1-87(2,3)55-39-34-51(35-40-55)57-32-19-33-59(77(57)52-36-41-56(42-37-52)88(4,5)6)54-47-75-84-76(48-54)91-74-45-43-69-65-28-13-11-24-61(65)63-26-15-17-30-67(63)79(69)81(74)82-80-68-31-18-16-27-64(68)62-25-12-14-29-66(62)70(80)49-72(86(82)91)89(84)83-60-23-10-8-21-53(60)46-71-78-58-22-9-7-20-50(58)38-44-73(78)90(75)85(71)83/h7-49H,1-6H3. The van der Waals surface area contributed by atoms with Crippen molar-refractivity contribution in [1.82, 2.24) is 9.13 Å². The van der Waals surface area contributed by atoms with E-state index in [9.17, 15) is 0 Å². The molecule has 20 rings (SSSR count). The lowest BCUT2D eigenvalue weighted by Gasteiger charge is -2.35. The number of aromatic nitrogens is 2. The fourth-order valence-corrected chi connectivity index (χ4v) is 17.3. The normalized spacial score (nSPS) is 13.1. The van der Waals surface area contributed by atoms with Crippen LogP contribution in [0, 0.1) is 0 Å². The van der Waals surface area contributed by atoms with Crippen LogP contribution in [0.25, 0.3) is 175 Å². The summed E-state index contributed by atoms with van der Waals surface area (Å²) in [6.45, 7) is 13.7. The molecule has 2 aliphatic rings. The molecule has 0 fully saturated rings. The zero-order valence-corrected chi connectivity index (χ0v) is 51.8. The van der Waals surface area contributed by atoms with E-state index >= 15 is 0 Å². The fourth-order valence-electron chi connectivity index (χ4n) is 17.3. The Hall–Kier alpha value is -10.7. The second-order valence-electron chi connectivity index (χ2n) is 28.2. The Balaban J connectivity index is 1.03. The van der Waals surface area contributed by atoms with Gasteiger partial charge in [0.25, 0.3) is 6.71 Å². The van der Waals surface area contributed by atoms with Gasteiger partial charge in [0.15, 0.2) is 0 Å². The molecule has 4 heterocycles. The second-order valence-corrected chi connectivity index (χ2v) is 28.2. The van der Waals surface area contributed by atoms with Crippen LogP contribution in [0.4, 0.5) is 0 Å². The van der Waals surface area contributed by atoms with E-state index in [0.717, 1.165) is 0 Å². The summed E-state index contributed by atoms with van der Waals surface area (Å²) in [6, 6.07) is 101. The van der Waals surface area contributed by atoms with Gasteiger partial charge in [-0.05, 0) is 177 Å². The highest BCUT2D eigenvalue weighted by Gasteiger charge is 2.44. The molecule has 426 valence electrons. The summed E-state index contributed by atoms with van der Waals surface area (Å²) in [5, 5.41) is 25.7. The van der Waals surface area contributed by atoms with Crippen LogP contribution in [0.2, 0.25) is 0 Å². The molecule has 0 N–H and O–H groups in total. The van der Waals surface area contributed by atoms with Crippen molar-refractivity contribution in [3.8, 4) is 44.8 Å². The average Bonchev–Trinajstić information content (AvgIpc) is 1.55. The monoisotopic (exact) mass is 1160 g/mol. The lowest BCUT2D eigenvalue weighted by molar-refractivity contribution is 0.590.